The Bertz CT molecular complexity index is 965. The second-order valence-corrected chi connectivity index (χ2v) is 7.28. The van der Waals surface area contributed by atoms with E-state index in [-0.39, 0.29) is 5.56 Å². The zero-order valence-electron chi connectivity index (χ0n) is 12.2. The van der Waals surface area contributed by atoms with Gasteiger partial charge in [-0.15, -0.1) is 0 Å². The molecule has 23 heavy (non-hydrogen) atoms. The first kappa shape index (κ1) is 14.5. The largest absolute Gasteiger partial charge is 0.269 e. The van der Waals surface area contributed by atoms with Crippen LogP contribution in [0.4, 0.5) is 5.69 Å². The van der Waals surface area contributed by atoms with Crippen LogP contribution in [0, 0.1) is 0 Å². The van der Waals surface area contributed by atoms with Crippen LogP contribution in [0.15, 0.2) is 64.5 Å². The van der Waals surface area contributed by atoms with Crippen LogP contribution in [0.2, 0.25) is 0 Å². The van der Waals surface area contributed by atoms with Crippen molar-refractivity contribution in [2.24, 2.45) is 4.99 Å². The van der Waals surface area contributed by atoms with Gasteiger partial charge in [0.1, 0.15) is 10.0 Å². The molecule has 1 aromatic carbocycles. The fraction of sp³-hybridized carbons (Fsp3) is 0.118. The van der Waals surface area contributed by atoms with Crippen LogP contribution in [0.3, 0.4) is 0 Å². The molecule has 6 heteroatoms. The number of aliphatic imine (C=N–C) groups is 1. The number of nitrogens with zero attached hydrogens (tertiary/aromatic N) is 3. The van der Waals surface area contributed by atoms with Crippen LogP contribution in [-0.4, -0.2) is 13.8 Å². The van der Waals surface area contributed by atoms with Gasteiger partial charge in [-0.3, -0.25) is 9.20 Å². The fourth-order valence-corrected chi connectivity index (χ4v) is 4.35. The van der Waals surface area contributed by atoms with Crippen molar-refractivity contribution in [3.05, 3.63) is 76.3 Å². The van der Waals surface area contributed by atoms with Crippen molar-refractivity contribution in [3.63, 3.8) is 0 Å². The van der Waals surface area contributed by atoms with Gasteiger partial charge in [-0.1, -0.05) is 47.8 Å². The lowest BCUT2D eigenvalue weighted by Crippen LogP contribution is -2.14. The van der Waals surface area contributed by atoms with Gasteiger partial charge >= 0.3 is 0 Å². The highest BCUT2D eigenvalue weighted by Gasteiger charge is 2.13. The van der Waals surface area contributed by atoms with E-state index in [0.717, 1.165) is 21.5 Å². The zero-order valence-corrected chi connectivity index (χ0v) is 13.8. The second kappa shape index (κ2) is 6.22. The van der Waals surface area contributed by atoms with E-state index in [4.69, 9.17) is 0 Å². The molecule has 0 unspecified atom stereocenters. The van der Waals surface area contributed by atoms with Gasteiger partial charge in [-0.25, -0.2) is 9.98 Å². The smallest absolute Gasteiger partial charge is 0.258 e. The van der Waals surface area contributed by atoms with Crippen LogP contribution >= 0.6 is 23.5 Å². The third-order valence-electron chi connectivity index (χ3n) is 3.52. The molecule has 3 aromatic rings. The Kier molecular flexibility index (Phi) is 3.93. The molecule has 0 fully saturated rings. The average Bonchev–Trinajstić information content (AvgIpc) is 2.60. The van der Waals surface area contributed by atoms with E-state index in [9.17, 15) is 4.79 Å². The molecule has 0 spiro atoms. The summed E-state index contributed by atoms with van der Waals surface area (Å²) in [6.07, 6.45) is 1.74. The number of fused-ring (bicyclic) bond motifs is 2. The Morgan fingerprint density at radius 3 is 3.00 bits per heavy atom. The molecule has 0 N–H and O–H groups in total. The number of rotatable bonds is 2. The molecule has 0 saturated carbocycles. The Morgan fingerprint density at radius 1 is 1.17 bits per heavy atom. The van der Waals surface area contributed by atoms with Gasteiger partial charge in [0.2, 0.25) is 0 Å². The first-order valence-electron chi connectivity index (χ1n) is 7.19. The van der Waals surface area contributed by atoms with Gasteiger partial charge in [0.25, 0.3) is 5.56 Å². The van der Waals surface area contributed by atoms with Crippen molar-refractivity contribution < 1.29 is 0 Å². The highest BCUT2D eigenvalue weighted by atomic mass is 32.2. The second-order valence-electron chi connectivity index (χ2n) is 5.10. The number of hydrogen-bond donors (Lipinski definition) is 0. The molecule has 4 nitrogen and oxygen atoms in total. The maximum absolute atomic E-state index is 12.1. The summed E-state index contributed by atoms with van der Waals surface area (Å²) in [6, 6.07) is 15.4. The SMILES string of the molecule is O=c1cc(CSC2=Nc3ccccc3CS2)nc2ccccn12. The summed E-state index contributed by atoms with van der Waals surface area (Å²) in [4.78, 5) is 21.3. The van der Waals surface area contributed by atoms with Crippen molar-refractivity contribution in [2.45, 2.75) is 11.5 Å². The fourth-order valence-electron chi connectivity index (χ4n) is 2.40. The van der Waals surface area contributed by atoms with Crippen molar-refractivity contribution >= 4 is 39.2 Å². The monoisotopic (exact) mass is 339 g/mol. The van der Waals surface area contributed by atoms with Crippen molar-refractivity contribution in [1.29, 1.82) is 0 Å². The molecule has 0 aliphatic carbocycles. The van der Waals surface area contributed by atoms with Crippen LogP contribution < -0.4 is 5.56 Å². The molecular weight excluding hydrogens is 326 g/mol. The molecule has 114 valence electrons. The Balaban J connectivity index is 1.56. The maximum atomic E-state index is 12.1. The molecule has 0 amide bonds. The quantitative estimate of drug-likeness (QED) is 0.711. The van der Waals surface area contributed by atoms with E-state index in [2.05, 4.69) is 16.0 Å². The minimum atomic E-state index is -0.0465. The van der Waals surface area contributed by atoms with Gasteiger partial charge in [-0.2, -0.15) is 0 Å². The summed E-state index contributed by atoms with van der Waals surface area (Å²) in [5, 5.41) is 0. The summed E-state index contributed by atoms with van der Waals surface area (Å²) in [7, 11) is 0. The lowest BCUT2D eigenvalue weighted by Gasteiger charge is -2.14. The molecule has 2 aromatic heterocycles. The van der Waals surface area contributed by atoms with Crippen molar-refractivity contribution in [3.8, 4) is 0 Å². The van der Waals surface area contributed by atoms with Crippen LogP contribution in [0.5, 0.6) is 0 Å². The first-order valence-corrected chi connectivity index (χ1v) is 9.16. The highest BCUT2D eigenvalue weighted by molar-refractivity contribution is 8.38. The van der Waals surface area contributed by atoms with Gasteiger partial charge < -0.3 is 0 Å². The van der Waals surface area contributed by atoms with E-state index in [1.165, 1.54) is 5.56 Å². The summed E-state index contributed by atoms with van der Waals surface area (Å²) < 4.78 is 2.58. The summed E-state index contributed by atoms with van der Waals surface area (Å²) >= 11 is 3.37. The van der Waals surface area contributed by atoms with E-state index in [0.29, 0.717) is 11.4 Å². The van der Waals surface area contributed by atoms with Crippen LogP contribution in [0.25, 0.3) is 5.65 Å². The van der Waals surface area contributed by atoms with E-state index >= 15 is 0 Å². The molecule has 1 aliphatic rings. The molecule has 3 heterocycles. The van der Waals surface area contributed by atoms with Gasteiger partial charge in [0.15, 0.2) is 0 Å². The lowest BCUT2D eigenvalue weighted by atomic mass is 10.2. The van der Waals surface area contributed by atoms with Crippen LogP contribution in [0.1, 0.15) is 11.3 Å². The molecule has 0 saturated heterocycles. The first-order chi connectivity index (χ1) is 11.3. The number of hydrogen-bond acceptors (Lipinski definition) is 5. The third kappa shape index (κ3) is 3.04. The summed E-state index contributed by atoms with van der Waals surface area (Å²) in [6.45, 7) is 0. The topological polar surface area (TPSA) is 46.7 Å². The van der Waals surface area contributed by atoms with E-state index in [1.54, 1.807) is 40.2 Å². The van der Waals surface area contributed by atoms with Gasteiger partial charge in [0.05, 0.1) is 11.4 Å². The molecule has 0 radical (unpaired) electrons. The minimum Gasteiger partial charge on any atom is -0.269 e. The number of para-hydroxylation sites is 1. The normalized spacial score (nSPS) is 13.7. The Morgan fingerprint density at radius 2 is 2.04 bits per heavy atom. The van der Waals surface area contributed by atoms with E-state index < -0.39 is 0 Å². The number of aromatic nitrogens is 2. The summed E-state index contributed by atoms with van der Waals surface area (Å²) in [5.41, 5.74) is 3.73. The standard InChI is InChI=1S/C17H13N3OS2/c21-16-9-13(18-15-7-3-4-8-20(15)16)11-23-17-19-14-6-2-1-5-12(14)10-22-17/h1-9H,10-11H2. The average molecular weight is 339 g/mol. The van der Waals surface area contributed by atoms with E-state index in [1.807, 2.05) is 36.4 Å². The zero-order chi connectivity index (χ0) is 15.6. The molecule has 1 aliphatic heterocycles. The number of benzene rings is 1. The van der Waals surface area contributed by atoms with Crippen LogP contribution in [-0.2, 0) is 11.5 Å². The lowest BCUT2D eigenvalue weighted by molar-refractivity contribution is 1.01. The van der Waals surface area contributed by atoms with Gasteiger partial charge in [-0.05, 0) is 23.8 Å². The molecule has 0 atom stereocenters. The molecule has 0 bridgehead atoms. The summed E-state index contributed by atoms with van der Waals surface area (Å²) in [5.74, 6) is 1.59. The predicted molar refractivity (Wildman–Crippen MR) is 97.6 cm³/mol. The van der Waals surface area contributed by atoms with Crippen molar-refractivity contribution in [1.82, 2.24) is 9.38 Å². The molecular formula is C17H13N3OS2. The van der Waals surface area contributed by atoms with Gasteiger partial charge in [0, 0.05) is 23.8 Å². The Labute approximate surface area is 141 Å². The minimum absolute atomic E-state index is 0.0465. The number of pyridine rings is 1. The van der Waals surface area contributed by atoms with Crippen molar-refractivity contribution in [2.75, 3.05) is 0 Å². The molecule has 4 rings (SSSR count). The third-order valence-corrected chi connectivity index (χ3v) is 5.80. The predicted octanol–water partition coefficient (Wildman–Crippen LogP) is 3.86. The number of thioether (sulfide) groups is 2. The highest BCUT2D eigenvalue weighted by Crippen LogP contribution is 2.35. The Hall–Kier alpha value is -2.05. The maximum Gasteiger partial charge on any atom is 0.258 e.